The molecule has 1 radical (unpaired) electrons. The highest BCUT2D eigenvalue weighted by Gasteiger charge is 2.51. The van der Waals surface area contributed by atoms with E-state index in [9.17, 15) is 5.11 Å². The second-order valence-corrected chi connectivity index (χ2v) is 9.98. The molecule has 2 N–H and O–H groups in total. The molecular formula is C29H34NO2. The van der Waals surface area contributed by atoms with Crippen LogP contribution in [-0.4, -0.2) is 23.4 Å². The van der Waals surface area contributed by atoms with Crippen molar-refractivity contribution in [3.05, 3.63) is 65.2 Å². The van der Waals surface area contributed by atoms with Gasteiger partial charge in [0.1, 0.15) is 11.4 Å². The molecule has 5 rings (SSSR count). The summed E-state index contributed by atoms with van der Waals surface area (Å²) in [7, 11) is 0. The van der Waals surface area contributed by atoms with Crippen LogP contribution in [0.5, 0.6) is 5.75 Å². The summed E-state index contributed by atoms with van der Waals surface area (Å²) in [6.45, 7) is 3.45. The van der Waals surface area contributed by atoms with Crippen LogP contribution in [-0.2, 0) is 18.4 Å². The molecule has 2 saturated carbocycles. The molecule has 0 bridgehead atoms. The Morgan fingerprint density at radius 1 is 1.16 bits per heavy atom. The van der Waals surface area contributed by atoms with Crippen molar-refractivity contribution < 1.29 is 9.84 Å². The maximum atomic E-state index is 11.1. The fraction of sp³-hybridized carbons (Fsp3) is 0.517. The van der Waals surface area contributed by atoms with Gasteiger partial charge < -0.3 is 15.2 Å². The number of hydrogen-bond donors (Lipinski definition) is 2. The quantitative estimate of drug-likeness (QED) is 0.614. The molecule has 3 nitrogen and oxygen atoms in total. The van der Waals surface area contributed by atoms with Gasteiger partial charge in [0, 0.05) is 18.0 Å². The maximum absolute atomic E-state index is 11.1. The second-order valence-electron chi connectivity index (χ2n) is 9.98. The van der Waals surface area contributed by atoms with E-state index in [1.54, 1.807) is 0 Å². The Labute approximate surface area is 192 Å². The van der Waals surface area contributed by atoms with Gasteiger partial charge in [-0.3, -0.25) is 0 Å². The molecule has 0 saturated heterocycles. The van der Waals surface area contributed by atoms with Crippen LogP contribution in [0.25, 0.3) is 0 Å². The molecule has 3 atom stereocenters. The van der Waals surface area contributed by atoms with E-state index in [0.717, 1.165) is 56.9 Å². The van der Waals surface area contributed by atoms with Crippen LogP contribution in [0.2, 0.25) is 0 Å². The van der Waals surface area contributed by atoms with Gasteiger partial charge in [-0.15, -0.1) is 5.92 Å². The van der Waals surface area contributed by atoms with Crippen molar-refractivity contribution >= 4 is 0 Å². The summed E-state index contributed by atoms with van der Waals surface area (Å²) in [5.74, 6) is 7.43. The van der Waals surface area contributed by atoms with E-state index in [1.165, 1.54) is 29.5 Å². The summed E-state index contributed by atoms with van der Waals surface area (Å²) in [4.78, 5) is 0. The highest BCUT2D eigenvalue weighted by molar-refractivity contribution is 5.39. The van der Waals surface area contributed by atoms with Crippen molar-refractivity contribution in [3.63, 3.8) is 0 Å². The zero-order chi connectivity index (χ0) is 22.0. The smallest absolute Gasteiger partial charge is 0.125 e. The highest BCUT2D eigenvalue weighted by Crippen LogP contribution is 2.54. The first-order valence-corrected chi connectivity index (χ1v) is 12.2. The van der Waals surface area contributed by atoms with E-state index in [0.29, 0.717) is 12.5 Å². The number of hydrogen-bond acceptors (Lipinski definition) is 3. The third-order valence-corrected chi connectivity index (χ3v) is 7.87. The minimum atomic E-state index is -0.841. The van der Waals surface area contributed by atoms with E-state index in [2.05, 4.69) is 59.6 Å². The summed E-state index contributed by atoms with van der Waals surface area (Å²) in [5, 5.41) is 14.6. The van der Waals surface area contributed by atoms with Crippen LogP contribution >= 0.6 is 0 Å². The van der Waals surface area contributed by atoms with Crippen LogP contribution in [0.15, 0.2) is 42.5 Å². The predicted octanol–water partition coefficient (Wildman–Crippen LogP) is 4.95. The summed E-state index contributed by atoms with van der Waals surface area (Å²) < 4.78 is 6.24. The largest absolute Gasteiger partial charge is 0.494 e. The van der Waals surface area contributed by atoms with E-state index >= 15 is 0 Å². The molecule has 2 aromatic rings. The summed E-state index contributed by atoms with van der Waals surface area (Å²) in [6.07, 6.45) is 8.19. The van der Waals surface area contributed by atoms with Gasteiger partial charge in [-0.1, -0.05) is 36.3 Å². The SMILES string of the molecule is CC#CC1(O)CCC2(CCOc3ccc(CNC4CC4)cc3)c3cc[c]cc3CCC2C1. The van der Waals surface area contributed by atoms with E-state index in [4.69, 9.17) is 4.74 Å². The fourth-order valence-corrected chi connectivity index (χ4v) is 5.97. The molecule has 0 amide bonds. The topological polar surface area (TPSA) is 41.5 Å². The van der Waals surface area contributed by atoms with Crippen LogP contribution in [0.1, 0.15) is 68.6 Å². The number of ether oxygens (including phenoxy) is 1. The van der Waals surface area contributed by atoms with Gasteiger partial charge in [0.15, 0.2) is 0 Å². The van der Waals surface area contributed by atoms with Crippen LogP contribution in [0.4, 0.5) is 0 Å². The summed E-state index contributed by atoms with van der Waals surface area (Å²) in [6, 6.07) is 19.0. The zero-order valence-corrected chi connectivity index (χ0v) is 19.1. The average molecular weight is 429 g/mol. The fourth-order valence-electron chi connectivity index (χ4n) is 5.97. The van der Waals surface area contributed by atoms with Gasteiger partial charge in [0.05, 0.1) is 6.61 Å². The number of benzene rings is 2. The minimum absolute atomic E-state index is 0.0540. The van der Waals surface area contributed by atoms with Crippen molar-refractivity contribution in [2.45, 2.75) is 81.9 Å². The van der Waals surface area contributed by atoms with Crippen LogP contribution in [0, 0.1) is 23.8 Å². The molecule has 32 heavy (non-hydrogen) atoms. The third-order valence-electron chi connectivity index (χ3n) is 7.87. The molecule has 2 fully saturated rings. The van der Waals surface area contributed by atoms with Gasteiger partial charge in [0.25, 0.3) is 0 Å². The Balaban J connectivity index is 1.29. The van der Waals surface area contributed by atoms with Crippen molar-refractivity contribution in [3.8, 4) is 17.6 Å². The van der Waals surface area contributed by atoms with Crippen molar-refractivity contribution in [2.75, 3.05) is 6.61 Å². The molecule has 2 aromatic carbocycles. The average Bonchev–Trinajstić information content (AvgIpc) is 3.64. The Morgan fingerprint density at radius 2 is 2.00 bits per heavy atom. The van der Waals surface area contributed by atoms with Gasteiger partial charge in [-0.2, -0.15) is 0 Å². The molecule has 0 aliphatic heterocycles. The molecule has 0 spiro atoms. The Hall–Kier alpha value is -2.28. The molecule has 3 heteroatoms. The number of aryl methyl sites for hydroxylation is 1. The summed E-state index contributed by atoms with van der Waals surface area (Å²) >= 11 is 0. The van der Waals surface area contributed by atoms with Crippen molar-refractivity contribution in [1.82, 2.24) is 5.32 Å². The molecule has 3 aliphatic carbocycles. The van der Waals surface area contributed by atoms with Gasteiger partial charge in [-0.05, 0) is 99.1 Å². The van der Waals surface area contributed by atoms with Gasteiger partial charge in [-0.25, -0.2) is 0 Å². The first-order valence-electron chi connectivity index (χ1n) is 12.2. The minimum Gasteiger partial charge on any atom is -0.494 e. The lowest BCUT2D eigenvalue weighted by Gasteiger charge is -2.52. The maximum Gasteiger partial charge on any atom is 0.125 e. The normalized spacial score (nSPS) is 28.8. The first-order chi connectivity index (χ1) is 15.6. The Bertz CT molecular complexity index is 1000. The molecule has 3 unspecified atom stereocenters. The van der Waals surface area contributed by atoms with Crippen molar-refractivity contribution in [1.29, 1.82) is 0 Å². The first kappa shape index (κ1) is 21.6. The van der Waals surface area contributed by atoms with Crippen LogP contribution < -0.4 is 10.1 Å². The number of fused-ring (bicyclic) bond motifs is 3. The Kier molecular flexibility index (Phi) is 6.01. The van der Waals surface area contributed by atoms with Crippen molar-refractivity contribution in [2.24, 2.45) is 5.92 Å². The van der Waals surface area contributed by atoms with E-state index in [-0.39, 0.29) is 5.41 Å². The molecular weight excluding hydrogens is 394 g/mol. The molecule has 0 aromatic heterocycles. The lowest BCUT2D eigenvalue weighted by atomic mass is 9.53. The van der Waals surface area contributed by atoms with Gasteiger partial charge in [0.2, 0.25) is 0 Å². The van der Waals surface area contributed by atoms with Gasteiger partial charge >= 0.3 is 0 Å². The zero-order valence-electron chi connectivity index (χ0n) is 19.1. The predicted molar refractivity (Wildman–Crippen MR) is 127 cm³/mol. The molecule has 167 valence electrons. The number of aliphatic hydroxyl groups is 1. The van der Waals surface area contributed by atoms with E-state index < -0.39 is 5.60 Å². The van der Waals surface area contributed by atoms with E-state index in [1.807, 2.05) is 13.0 Å². The second kappa shape index (κ2) is 8.93. The Morgan fingerprint density at radius 3 is 2.78 bits per heavy atom. The standard InChI is InChI=1S/C29H34NO2/c1-2-15-28(31)16-17-29(24(20-28)10-9-23-5-3-4-6-27(23)29)18-19-32-26-13-7-22(8-14-26)21-30-25-11-12-25/h4-8,13-14,24-25,30-31H,9-12,16-21H2,1H3. The molecule has 0 heterocycles. The lowest BCUT2D eigenvalue weighted by molar-refractivity contribution is -0.0143. The number of nitrogens with one attached hydrogen (secondary N) is 1. The third kappa shape index (κ3) is 4.45. The lowest BCUT2D eigenvalue weighted by Crippen LogP contribution is -2.50. The monoisotopic (exact) mass is 428 g/mol. The number of rotatable bonds is 7. The van der Waals surface area contributed by atoms with Crippen LogP contribution in [0.3, 0.4) is 0 Å². The summed E-state index contributed by atoms with van der Waals surface area (Å²) in [5.41, 5.74) is 3.39. The molecule has 3 aliphatic rings. The highest BCUT2D eigenvalue weighted by atomic mass is 16.5.